The minimum absolute atomic E-state index is 0. The first-order chi connectivity index (χ1) is 21.0. The summed E-state index contributed by atoms with van der Waals surface area (Å²) < 4.78 is 10.2. The van der Waals surface area contributed by atoms with E-state index < -0.39 is 0 Å². The third kappa shape index (κ3) is 6.49. The summed E-state index contributed by atoms with van der Waals surface area (Å²) in [6, 6.07) is 36.0. The van der Waals surface area contributed by atoms with Crippen molar-refractivity contribution in [2.24, 2.45) is 5.41 Å². The van der Waals surface area contributed by atoms with Gasteiger partial charge in [0, 0.05) is 10.8 Å². The Morgan fingerprint density at radius 2 is 1.51 bits per heavy atom. The average Bonchev–Trinajstić information content (AvgIpc) is 3.51. The van der Waals surface area contributed by atoms with Crippen LogP contribution in [0.3, 0.4) is 0 Å². The molecule has 6 heteroatoms. The van der Waals surface area contributed by atoms with Gasteiger partial charge in [0.05, 0.1) is 4.01 Å². The Balaban J connectivity index is 0.00000357. The van der Waals surface area contributed by atoms with Gasteiger partial charge in [-0.1, -0.05) is 83.3 Å². The van der Waals surface area contributed by atoms with Crippen molar-refractivity contribution in [3.8, 4) is 34.3 Å². The van der Waals surface area contributed by atoms with Crippen molar-refractivity contribution < 1.29 is 25.8 Å². The van der Waals surface area contributed by atoms with E-state index in [0.29, 0.717) is 11.8 Å². The molecule has 3 aromatic carbocycles. The monoisotopic (exact) mass is 805 g/mol. The normalized spacial score (nSPS) is 12.1. The van der Waals surface area contributed by atoms with Crippen molar-refractivity contribution in [1.29, 1.82) is 0 Å². The molecule has 0 atom stereocenters. The third-order valence-electron chi connectivity index (χ3n) is 7.64. The summed E-state index contributed by atoms with van der Waals surface area (Å²) in [5, 5.41) is 4.01. The molecule has 0 fully saturated rings. The van der Waals surface area contributed by atoms with Gasteiger partial charge < -0.3 is 4.74 Å². The molecule has 3 nitrogen and oxygen atoms in total. The zero-order valence-electron chi connectivity index (χ0n) is 26.2. The van der Waals surface area contributed by atoms with E-state index in [2.05, 4.69) is 90.1 Å². The molecule has 0 saturated carbocycles. The summed E-state index contributed by atoms with van der Waals surface area (Å²) in [4.78, 5) is 9.84. The predicted octanol–water partition coefficient (Wildman–Crippen LogP) is 11.7. The Labute approximate surface area is 287 Å². The number of hydrogen-bond donors (Lipinski definition) is 0. The molecule has 0 amide bonds. The molecule has 0 aliphatic heterocycles. The maximum Gasteiger partial charge on any atom is 2.00 e. The Hall–Kier alpha value is -3.37. The Kier molecular flexibility index (Phi) is 8.49. The molecule has 0 N–H and O–H groups in total. The van der Waals surface area contributed by atoms with Gasteiger partial charge in [0.1, 0.15) is 0 Å². The zero-order chi connectivity index (χ0) is 30.6. The summed E-state index contributed by atoms with van der Waals surface area (Å²) in [6.07, 6.45) is 0.889. The minimum atomic E-state index is -0.0691. The molecule has 0 spiro atoms. The summed E-state index contributed by atoms with van der Waals surface area (Å²) in [6.45, 7) is 13.7. The van der Waals surface area contributed by atoms with Crippen LogP contribution < -0.4 is 4.74 Å². The van der Waals surface area contributed by atoms with E-state index >= 15 is 0 Å². The number of nitrogens with zero attached hydrogens (tertiary/aromatic N) is 2. The van der Waals surface area contributed by atoms with Gasteiger partial charge in [0.2, 0.25) is 11.8 Å². The average molecular weight is 806 g/mol. The van der Waals surface area contributed by atoms with E-state index in [1.54, 1.807) is 0 Å². The second-order valence-electron chi connectivity index (χ2n) is 13.6. The van der Waals surface area contributed by atoms with Crippen molar-refractivity contribution in [2.75, 3.05) is 0 Å². The van der Waals surface area contributed by atoms with Gasteiger partial charge in [-0.3, -0.25) is 9.97 Å². The molecule has 0 bridgehead atoms. The molecule has 45 heavy (non-hydrogen) atoms. The topological polar surface area (TPSA) is 35.0 Å². The van der Waals surface area contributed by atoms with E-state index in [4.69, 9.17) is 14.7 Å². The van der Waals surface area contributed by atoms with Crippen LogP contribution in [0.5, 0.6) is 11.8 Å². The fourth-order valence-electron chi connectivity index (χ4n) is 5.78. The second-order valence-corrected chi connectivity index (χ2v) is 15.9. The van der Waals surface area contributed by atoms with Gasteiger partial charge in [-0.05, 0) is 61.8 Å². The standard InChI is InChI=1S/C39H34N2OS2.Pt/c1-38(2,3)23-24-19-30(41-34(20-24)42-33-18-12-16-29(40-33)25-13-8-7-9-14-25)26-21-28(39(4,5)6)36-32(22-26)44-37-35(36)27-15-10-11-17-31(27)43-37;/h7-13,15-21H,23H2,1-6H3;/q-2;+2. The molecule has 228 valence electrons. The number of rotatable bonds is 5. The van der Waals surface area contributed by atoms with Crippen molar-refractivity contribution in [2.45, 2.75) is 53.4 Å². The quantitative estimate of drug-likeness (QED) is 0.163. The maximum atomic E-state index is 6.38. The summed E-state index contributed by atoms with van der Waals surface area (Å²) >= 11 is 3.71. The molecular weight excluding hydrogens is 772 g/mol. The summed E-state index contributed by atoms with van der Waals surface area (Å²) in [5.74, 6) is 1.04. The Morgan fingerprint density at radius 1 is 0.733 bits per heavy atom. The number of aromatic nitrogens is 2. The van der Waals surface area contributed by atoms with E-state index in [1.165, 1.54) is 40.7 Å². The number of benzene rings is 3. The van der Waals surface area contributed by atoms with E-state index in [9.17, 15) is 0 Å². The van der Waals surface area contributed by atoms with Crippen LogP contribution in [0.4, 0.5) is 0 Å². The maximum absolute atomic E-state index is 6.38. The van der Waals surface area contributed by atoms with Crippen molar-refractivity contribution in [3.05, 3.63) is 108 Å². The van der Waals surface area contributed by atoms with Crippen molar-refractivity contribution in [3.63, 3.8) is 0 Å². The number of hydrogen-bond acceptors (Lipinski definition) is 5. The number of fused-ring (bicyclic) bond motifs is 5. The molecule has 7 rings (SSSR count). The SMILES string of the molecule is CC(C)(C)Cc1cc(Oc2cccc(-c3[c-]cccc3)n2)nc(-c2[c-]c3sc4sc5ccccc5c4c3c(C(C)(C)C)c2)c1.[Pt+2]. The molecule has 0 aliphatic rings. The van der Waals surface area contributed by atoms with Gasteiger partial charge in [-0.2, -0.15) is 0 Å². The fraction of sp³-hybridized carbons (Fsp3) is 0.231. The van der Waals surface area contributed by atoms with Crippen LogP contribution in [0, 0.1) is 17.5 Å². The van der Waals surface area contributed by atoms with Gasteiger partial charge in [-0.25, -0.2) is 0 Å². The number of pyridine rings is 2. The second kappa shape index (κ2) is 12.1. The van der Waals surface area contributed by atoms with E-state index in [1.807, 2.05) is 71.2 Å². The Bertz CT molecular complexity index is 2150. The summed E-state index contributed by atoms with van der Waals surface area (Å²) in [7, 11) is 0. The molecule has 4 heterocycles. The van der Waals surface area contributed by atoms with Crippen LogP contribution >= 0.6 is 22.7 Å². The molecule has 0 unspecified atom stereocenters. The molecular formula is C39H34N2OPtS2. The van der Waals surface area contributed by atoms with Crippen LogP contribution in [-0.2, 0) is 32.9 Å². The molecule has 0 saturated heterocycles. The Morgan fingerprint density at radius 3 is 2.27 bits per heavy atom. The van der Waals surface area contributed by atoms with E-state index in [-0.39, 0.29) is 31.9 Å². The van der Waals surface area contributed by atoms with Gasteiger partial charge in [0.15, 0.2) is 0 Å². The van der Waals surface area contributed by atoms with Crippen LogP contribution in [0.25, 0.3) is 52.1 Å². The fourth-order valence-corrected chi connectivity index (χ4v) is 8.38. The molecule has 0 radical (unpaired) electrons. The zero-order valence-corrected chi connectivity index (χ0v) is 30.1. The number of thiophene rings is 2. The third-order valence-corrected chi connectivity index (χ3v) is 10.0. The first kappa shape index (κ1) is 31.6. The van der Waals surface area contributed by atoms with Crippen molar-refractivity contribution >= 4 is 52.2 Å². The van der Waals surface area contributed by atoms with Gasteiger partial charge in [0.25, 0.3) is 0 Å². The largest absolute Gasteiger partial charge is 2.00 e. The first-order valence-corrected chi connectivity index (χ1v) is 16.6. The minimum Gasteiger partial charge on any atom is -0.422 e. The van der Waals surface area contributed by atoms with Crippen LogP contribution in [0.2, 0.25) is 0 Å². The predicted molar refractivity (Wildman–Crippen MR) is 187 cm³/mol. The van der Waals surface area contributed by atoms with Gasteiger partial charge >= 0.3 is 21.1 Å². The van der Waals surface area contributed by atoms with Gasteiger partial charge in [-0.15, -0.1) is 81.8 Å². The molecule has 4 aromatic heterocycles. The molecule has 7 aromatic rings. The molecule has 0 aliphatic carbocycles. The van der Waals surface area contributed by atoms with Crippen LogP contribution in [-0.4, -0.2) is 9.97 Å². The van der Waals surface area contributed by atoms with Crippen molar-refractivity contribution in [1.82, 2.24) is 9.97 Å². The van der Waals surface area contributed by atoms with Crippen LogP contribution in [0.15, 0.2) is 84.9 Å². The number of ether oxygens (including phenoxy) is 1. The first-order valence-electron chi connectivity index (χ1n) is 15.0. The summed E-state index contributed by atoms with van der Waals surface area (Å²) in [5.41, 5.74) is 6.11. The van der Waals surface area contributed by atoms with E-state index in [0.717, 1.165) is 28.9 Å². The smallest absolute Gasteiger partial charge is 0.422 e. The van der Waals surface area contributed by atoms with Crippen LogP contribution in [0.1, 0.15) is 52.7 Å².